The third kappa shape index (κ3) is 3.13. The molecule has 1 heteroatoms. The minimum absolute atomic E-state index is 0.470. The highest BCUT2D eigenvalue weighted by molar-refractivity contribution is 5.54. The zero-order chi connectivity index (χ0) is 14.2. The van der Waals surface area contributed by atoms with Crippen molar-refractivity contribution in [1.29, 1.82) is 0 Å². The summed E-state index contributed by atoms with van der Waals surface area (Å²) in [6.07, 6.45) is 5.42. The van der Waals surface area contributed by atoms with Gasteiger partial charge in [0, 0.05) is 5.69 Å². The smallest absolute Gasteiger partial charge is 0.0373 e. The van der Waals surface area contributed by atoms with Crippen molar-refractivity contribution in [2.45, 2.75) is 66.2 Å². The van der Waals surface area contributed by atoms with Crippen LogP contribution in [0.3, 0.4) is 0 Å². The second-order valence-corrected chi connectivity index (χ2v) is 7.48. The van der Waals surface area contributed by atoms with Crippen LogP contribution >= 0.6 is 0 Å². The van der Waals surface area contributed by atoms with E-state index in [1.54, 1.807) is 0 Å². The molecule has 2 rings (SSSR count). The van der Waals surface area contributed by atoms with E-state index >= 15 is 0 Å². The fourth-order valence-corrected chi connectivity index (χ4v) is 3.54. The molecule has 0 aromatic heterocycles. The zero-order valence-electron chi connectivity index (χ0n) is 13.2. The summed E-state index contributed by atoms with van der Waals surface area (Å²) in [5.74, 6) is 1.64. The van der Waals surface area contributed by atoms with Gasteiger partial charge >= 0.3 is 0 Å². The molecule has 1 aliphatic carbocycles. The van der Waals surface area contributed by atoms with E-state index in [2.05, 4.69) is 46.8 Å². The van der Waals surface area contributed by atoms with Gasteiger partial charge in [-0.1, -0.05) is 32.9 Å². The van der Waals surface area contributed by atoms with Crippen LogP contribution in [0.2, 0.25) is 0 Å². The Balaban J connectivity index is 2.10. The van der Waals surface area contributed by atoms with Crippen LogP contribution in [0.15, 0.2) is 12.1 Å². The van der Waals surface area contributed by atoms with Crippen molar-refractivity contribution < 1.29 is 0 Å². The second-order valence-electron chi connectivity index (χ2n) is 7.48. The molecule has 0 aliphatic heterocycles. The monoisotopic (exact) mass is 259 g/mol. The van der Waals surface area contributed by atoms with Crippen LogP contribution in [0.5, 0.6) is 0 Å². The van der Waals surface area contributed by atoms with Gasteiger partial charge in [-0.3, -0.25) is 0 Å². The fraction of sp³-hybridized carbons (Fsp3) is 0.667. The molecule has 2 N–H and O–H groups in total. The minimum atomic E-state index is 0.470. The van der Waals surface area contributed by atoms with E-state index in [9.17, 15) is 0 Å². The van der Waals surface area contributed by atoms with E-state index in [1.807, 2.05) is 0 Å². The molecule has 0 spiro atoms. The van der Waals surface area contributed by atoms with Crippen LogP contribution < -0.4 is 5.73 Å². The van der Waals surface area contributed by atoms with Crippen molar-refractivity contribution >= 4 is 5.69 Å². The predicted octanol–water partition coefficient (Wildman–Crippen LogP) is 5.21. The third-order valence-corrected chi connectivity index (χ3v) is 5.04. The topological polar surface area (TPSA) is 26.0 Å². The summed E-state index contributed by atoms with van der Waals surface area (Å²) in [6, 6.07) is 4.62. The highest BCUT2D eigenvalue weighted by Crippen LogP contribution is 2.43. The van der Waals surface area contributed by atoms with Gasteiger partial charge in [-0.15, -0.1) is 0 Å². The van der Waals surface area contributed by atoms with Gasteiger partial charge in [0.1, 0.15) is 0 Å². The maximum absolute atomic E-state index is 6.06. The average molecular weight is 259 g/mol. The Morgan fingerprint density at radius 3 is 1.84 bits per heavy atom. The third-order valence-electron chi connectivity index (χ3n) is 5.04. The maximum Gasteiger partial charge on any atom is 0.0373 e. The number of anilines is 1. The van der Waals surface area contributed by atoms with E-state index in [-0.39, 0.29) is 0 Å². The average Bonchev–Trinajstić information content (AvgIpc) is 2.34. The Labute approximate surface area is 118 Å². The van der Waals surface area contributed by atoms with Gasteiger partial charge in [0.25, 0.3) is 0 Å². The van der Waals surface area contributed by atoms with Gasteiger partial charge in [-0.2, -0.15) is 0 Å². The summed E-state index contributed by atoms with van der Waals surface area (Å²) in [7, 11) is 0. The normalized spacial score (nSPS) is 24.5. The first-order chi connectivity index (χ1) is 8.79. The van der Waals surface area contributed by atoms with Gasteiger partial charge in [0.15, 0.2) is 0 Å². The number of aryl methyl sites for hydroxylation is 2. The Morgan fingerprint density at radius 2 is 1.42 bits per heavy atom. The van der Waals surface area contributed by atoms with Gasteiger partial charge in [0.05, 0.1) is 0 Å². The predicted molar refractivity (Wildman–Crippen MR) is 84.5 cm³/mol. The lowest BCUT2D eigenvalue weighted by Gasteiger charge is -2.37. The molecular formula is C18H29N. The molecule has 1 aromatic carbocycles. The molecular weight excluding hydrogens is 230 g/mol. The Bertz CT molecular complexity index is 422. The van der Waals surface area contributed by atoms with Gasteiger partial charge < -0.3 is 5.73 Å². The molecule has 1 fully saturated rings. The minimum Gasteiger partial charge on any atom is -0.398 e. The van der Waals surface area contributed by atoms with Crippen molar-refractivity contribution in [1.82, 2.24) is 0 Å². The number of hydrogen-bond donors (Lipinski definition) is 1. The van der Waals surface area contributed by atoms with Crippen LogP contribution in [0.4, 0.5) is 5.69 Å². The number of nitrogens with two attached hydrogens (primary N) is 1. The summed E-state index contributed by atoms with van der Waals surface area (Å²) in [5.41, 5.74) is 11.5. The summed E-state index contributed by atoms with van der Waals surface area (Å²) in [6.45, 7) is 11.4. The molecule has 0 amide bonds. The quantitative estimate of drug-likeness (QED) is 0.689. The largest absolute Gasteiger partial charge is 0.398 e. The van der Waals surface area contributed by atoms with Crippen molar-refractivity contribution in [2.75, 3.05) is 5.73 Å². The molecule has 0 unspecified atom stereocenters. The first-order valence-electron chi connectivity index (χ1n) is 7.65. The van der Waals surface area contributed by atoms with E-state index in [1.165, 1.54) is 42.4 Å². The van der Waals surface area contributed by atoms with Gasteiger partial charge in [0.2, 0.25) is 0 Å². The van der Waals surface area contributed by atoms with Crippen LogP contribution in [-0.2, 0) is 0 Å². The maximum atomic E-state index is 6.06. The van der Waals surface area contributed by atoms with Gasteiger partial charge in [-0.05, 0) is 73.5 Å². The molecule has 19 heavy (non-hydrogen) atoms. The van der Waals surface area contributed by atoms with E-state index in [0.717, 1.165) is 17.5 Å². The summed E-state index contributed by atoms with van der Waals surface area (Å²) in [4.78, 5) is 0. The lowest BCUT2D eigenvalue weighted by molar-refractivity contribution is 0.169. The van der Waals surface area contributed by atoms with Crippen molar-refractivity contribution in [3.05, 3.63) is 28.8 Å². The standard InChI is InChI=1S/C18H29N/c1-12-10-15(11-13(2)17(12)19)14-6-8-16(9-7-14)18(3,4)5/h10-11,14,16H,6-9,19H2,1-5H3. The molecule has 1 aliphatic rings. The molecule has 0 saturated heterocycles. The summed E-state index contributed by atoms with van der Waals surface area (Å²) >= 11 is 0. The first kappa shape index (κ1) is 14.4. The van der Waals surface area contributed by atoms with Crippen LogP contribution in [0, 0.1) is 25.2 Å². The molecule has 1 saturated carbocycles. The summed E-state index contributed by atoms with van der Waals surface area (Å²) in [5, 5.41) is 0. The van der Waals surface area contributed by atoms with Crippen molar-refractivity contribution in [3.63, 3.8) is 0 Å². The van der Waals surface area contributed by atoms with E-state index < -0.39 is 0 Å². The van der Waals surface area contributed by atoms with E-state index in [0.29, 0.717) is 5.41 Å². The number of nitrogen functional groups attached to an aromatic ring is 1. The molecule has 0 atom stereocenters. The Morgan fingerprint density at radius 1 is 0.947 bits per heavy atom. The number of hydrogen-bond acceptors (Lipinski definition) is 1. The van der Waals surface area contributed by atoms with Crippen LogP contribution in [0.25, 0.3) is 0 Å². The highest BCUT2D eigenvalue weighted by Gasteiger charge is 2.30. The molecule has 0 heterocycles. The number of rotatable bonds is 1. The first-order valence-corrected chi connectivity index (χ1v) is 7.65. The SMILES string of the molecule is Cc1cc(C2CCC(C(C)(C)C)CC2)cc(C)c1N. The lowest BCUT2D eigenvalue weighted by Crippen LogP contribution is -2.25. The highest BCUT2D eigenvalue weighted by atomic mass is 14.6. The molecule has 106 valence electrons. The molecule has 0 bridgehead atoms. The molecule has 1 aromatic rings. The Kier molecular flexibility index (Phi) is 3.94. The summed E-state index contributed by atoms with van der Waals surface area (Å²) < 4.78 is 0. The van der Waals surface area contributed by atoms with Crippen molar-refractivity contribution in [3.8, 4) is 0 Å². The van der Waals surface area contributed by atoms with Crippen LogP contribution in [0.1, 0.15) is 69.1 Å². The molecule has 0 radical (unpaired) electrons. The van der Waals surface area contributed by atoms with Crippen molar-refractivity contribution in [2.24, 2.45) is 11.3 Å². The second kappa shape index (κ2) is 5.19. The van der Waals surface area contributed by atoms with Gasteiger partial charge in [-0.25, -0.2) is 0 Å². The lowest BCUT2D eigenvalue weighted by atomic mass is 9.68. The zero-order valence-corrected chi connectivity index (χ0v) is 13.2. The fourth-order valence-electron chi connectivity index (χ4n) is 3.54. The molecule has 1 nitrogen and oxygen atoms in total. The number of benzene rings is 1. The van der Waals surface area contributed by atoms with Crippen LogP contribution in [-0.4, -0.2) is 0 Å². The Hall–Kier alpha value is -0.980. The van der Waals surface area contributed by atoms with E-state index in [4.69, 9.17) is 5.73 Å².